The Morgan fingerprint density at radius 1 is 1.29 bits per heavy atom. The number of hydrogen-bond acceptors (Lipinski definition) is 1. The van der Waals surface area contributed by atoms with E-state index in [0.29, 0.717) is 0 Å². The third kappa shape index (κ3) is 1.60. The predicted octanol–water partition coefficient (Wildman–Crippen LogP) is 3.20. The predicted molar refractivity (Wildman–Crippen MR) is 61.3 cm³/mol. The van der Waals surface area contributed by atoms with Gasteiger partial charge in [-0.15, -0.1) is 0 Å². The van der Waals surface area contributed by atoms with Crippen molar-refractivity contribution in [3.05, 3.63) is 0 Å². The molecule has 0 aromatic carbocycles. The highest BCUT2D eigenvalue weighted by Crippen LogP contribution is 2.51. The van der Waals surface area contributed by atoms with Crippen LogP contribution in [0.1, 0.15) is 52.4 Å². The highest BCUT2D eigenvalue weighted by atomic mass is 14.9. The topological polar surface area (TPSA) is 12.0 Å². The average Bonchev–Trinajstić information content (AvgIpc) is 2.23. The van der Waals surface area contributed by atoms with Crippen LogP contribution in [-0.2, 0) is 0 Å². The molecule has 1 nitrogen and oxygen atoms in total. The van der Waals surface area contributed by atoms with Crippen LogP contribution in [0.2, 0.25) is 0 Å². The second-order valence-electron chi connectivity index (χ2n) is 5.44. The van der Waals surface area contributed by atoms with Crippen LogP contribution < -0.4 is 5.32 Å². The molecule has 1 aliphatic heterocycles. The molecule has 1 N–H and O–H groups in total. The second kappa shape index (κ2) is 4.22. The Hall–Kier alpha value is -0.0400. The first kappa shape index (κ1) is 10.5. The van der Waals surface area contributed by atoms with Crippen LogP contribution in [-0.4, -0.2) is 13.1 Å². The van der Waals surface area contributed by atoms with Crippen LogP contribution in [0.5, 0.6) is 0 Å². The summed E-state index contributed by atoms with van der Waals surface area (Å²) in [4.78, 5) is 0. The lowest BCUT2D eigenvalue weighted by Crippen LogP contribution is -2.49. The molecule has 14 heavy (non-hydrogen) atoms. The molecule has 2 rings (SSSR count). The van der Waals surface area contributed by atoms with Crippen LogP contribution in [0, 0.1) is 17.3 Å². The molecule has 1 aliphatic carbocycles. The third-order valence-corrected chi connectivity index (χ3v) is 4.97. The van der Waals surface area contributed by atoms with Crippen molar-refractivity contribution in [2.45, 2.75) is 52.4 Å². The highest BCUT2D eigenvalue weighted by molar-refractivity contribution is 4.96. The first-order chi connectivity index (χ1) is 6.79. The molecule has 0 amide bonds. The van der Waals surface area contributed by atoms with Gasteiger partial charge in [-0.2, -0.15) is 0 Å². The normalized spacial score (nSPS) is 44.1. The summed E-state index contributed by atoms with van der Waals surface area (Å²) in [7, 11) is 0. The van der Waals surface area contributed by atoms with E-state index in [9.17, 15) is 0 Å². The van der Waals surface area contributed by atoms with Crippen LogP contribution in [0.15, 0.2) is 0 Å². The molecule has 3 atom stereocenters. The van der Waals surface area contributed by atoms with Crippen molar-refractivity contribution in [2.75, 3.05) is 13.1 Å². The summed E-state index contributed by atoms with van der Waals surface area (Å²) in [6.07, 6.45) is 8.77. The van der Waals surface area contributed by atoms with Gasteiger partial charge in [-0.3, -0.25) is 0 Å². The van der Waals surface area contributed by atoms with E-state index < -0.39 is 0 Å². The summed E-state index contributed by atoms with van der Waals surface area (Å²) in [6, 6.07) is 0. The molecule has 82 valence electrons. The summed E-state index contributed by atoms with van der Waals surface area (Å²) in [6.45, 7) is 7.43. The van der Waals surface area contributed by atoms with Gasteiger partial charge in [0.1, 0.15) is 0 Å². The van der Waals surface area contributed by atoms with E-state index in [2.05, 4.69) is 19.2 Å². The fraction of sp³-hybridized carbons (Fsp3) is 1.00. The summed E-state index contributed by atoms with van der Waals surface area (Å²) in [5.74, 6) is 1.93. The zero-order chi connectivity index (χ0) is 10.0. The molecular weight excluding hydrogens is 170 g/mol. The molecule has 3 unspecified atom stereocenters. The van der Waals surface area contributed by atoms with Crippen LogP contribution in [0.25, 0.3) is 0 Å². The van der Waals surface area contributed by atoms with E-state index in [-0.39, 0.29) is 0 Å². The zero-order valence-corrected chi connectivity index (χ0v) is 9.81. The third-order valence-electron chi connectivity index (χ3n) is 4.97. The van der Waals surface area contributed by atoms with Crippen molar-refractivity contribution in [3.63, 3.8) is 0 Å². The quantitative estimate of drug-likeness (QED) is 0.677. The van der Waals surface area contributed by atoms with E-state index >= 15 is 0 Å². The van der Waals surface area contributed by atoms with Crippen molar-refractivity contribution in [2.24, 2.45) is 17.3 Å². The maximum atomic E-state index is 3.58. The van der Waals surface area contributed by atoms with Gasteiger partial charge in [0.25, 0.3) is 0 Å². The Labute approximate surface area is 88.7 Å². The Morgan fingerprint density at radius 3 is 2.86 bits per heavy atom. The minimum atomic E-state index is 0.720. The lowest BCUT2D eigenvalue weighted by atomic mass is 9.57. The van der Waals surface area contributed by atoms with E-state index in [4.69, 9.17) is 0 Å². The Morgan fingerprint density at radius 2 is 2.14 bits per heavy atom. The Balaban J connectivity index is 2.15. The molecule has 0 aromatic rings. The van der Waals surface area contributed by atoms with Gasteiger partial charge in [0.05, 0.1) is 0 Å². The SMILES string of the molecule is CCC1CNCCC12CCCCC2C. The van der Waals surface area contributed by atoms with Crippen molar-refractivity contribution in [1.82, 2.24) is 5.32 Å². The fourth-order valence-electron chi connectivity index (χ4n) is 3.97. The summed E-state index contributed by atoms with van der Waals surface area (Å²) >= 11 is 0. The Kier molecular flexibility index (Phi) is 3.16. The molecule has 1 saturated carbocycles. The number of rotatable bonds is 1. The van der Waals surface area contributed by atoms with Crippen molar-refractivity contribution >= 4 is 0 Å². The van der Waals surface area contributed by atoms with E-state index in [0.717, 1.165) is 17.3 Å². The van der Waals surface area contributed by atoms with Crippen molar-refractivity contribution < 1.29 is 0 Å². The van der Waals surface area contributed by atoms with Gasteiger partial charge >= 0.3 is 0 Å². The molecule has 0 aromatic heterocycles. The smallest absolute Gasteiger partial charge is 0.00152 e. The first-order valence-corrected chi connectivity index (χ1v) is 6.50. The summed E-state index contributed by atoms with van der Waals surface area (Å²) in [5.41, 5.74) is 0.720. The lowest BCUT2D eigenvalue weighted by molar-refractivity contribution is 0.00335. The van der Waals surface area contributed by atoms with Crippen LogP contribution in [0.3, 0.4) is 0 Å². The van der Waals surface area contributed by atoms with Gasteiger partial charge in [-0.25, -0.2) is 0 Å². The van der Waals surface area contributed by atoms with Gasteiger partial charge in [0.2, 0.25) is 0 Å². The molecule has 0 radical (unpaired) electrons. The molecule has 1 spiro atoms. The molecule has 1 heteroatoms. The zero-order valence-electron chi connectivity index (χ0n) is 9.81. The summed E-state index contributed by atoms with van der Waals surface area (Å²) < 4.78 is 0. The van der Waals surface area contributed by atoms with Gasteiger partial charge in [0.15, 0.2) is 0 Å². The molecule has 1 saturated heterocycles. The molecule has 2 aliphatic rings. The fourth-order valence-corrected chi connectivity index (χ4v) is 3.97. The Bertz CT molecular complexity index is 184. The van der Waals surface area contributed by atoms with Crippen LogP contribution >= 0.6 is 0 Å². The van der Waals surface area contributed by atoms with E-state index in [1.807, 2.05) is 0 Å². The molecular formula is C13H25N. The maximum absolute atomic E-state index is 3.58. The second-order valence-corrected chi connectivity index (χ2v) is 5.44. The average molecular weight is 195 g/mol. The van der Waals surface area contributed by atoms with E-state index in [1.54, 1.807) is 0 Å². The lowest BCUT2D eigenvalue weighted by Gasteiger charge is -2.51. The van der Waals surface area contributed by atoms with Crippen molar-refractivity contribution in [1.29, 1.82) is 0 Å². The van der Waals surface area contributed by atoms with Gasteiger partial charge in [0, 0.05) is 0 Å². The highest BCUT2D eigenvalue weighted by Gasteiger charge is 2.44. The number of nitrogens with one attached hydrogen (secondary N) is 1. The van der Waals surface area contributed by atoms with Gasteiger partial charge in [-0.1, -0.05) is 39.5 Å². The maximum Gasteiger partial charge on any atom is -0.00152 e. The minimum absolute atomic E-state index is 0.720. The standard InChI is InChI=1S/C13H25N/c1-3-12-10-14-9-8-13(12)7-5-4-6-11(13)2/h11-12,14H,3-10H2,1-2H3. The monoisotopic (exact) mass is 195 g/mol. The van der Waals surface area contributed by atoms with E-state index in [1.165, 1.54) is 51.6 Å². The number of hydrogen-bond donors (Lipinski definition) is 1. The number of piperidine rings is 1. The van der Waals surface area contributed by atoms with Crippen molar-refractivity contribution in [3.8, 4) is 0 Å². The van der Waals surface area contributed by atoms with Gasteiger partial charge < -0.3 is 5.32 Å². The van der Waals surface area contributed by atoms with Gasteiger partial charge in [-0.05, 0) is 43.2 Å². The molecule has 1 heterocycles. The molecule has 2 fully saturated rings. The minimum Gasteiger partial charge on any atom is -0.316 e. The first-order valence-electron chi connectivity index (χ1n) is 6.50. The summed E-state index contributed by atoms with van der Waals surface area (Å²) in [5, 5.41) is 3.58. The van der Waals surface area contributed by atoms with Crippen LogP contribution in [0.4, 0.5) is 0 Å². The molecule has 0 bridgehead atoms. The largest absolute Gasteiger partial charge is 0.316 e.